The molecule has 0 aliphatic heterocycles. The molecule has 0 unspecified atom stereocenters. The van der Waals surface area contributed by atoms with Crippen molar-refractivity contribution in [1.82, 2.24) is 9.78 Å². The highest BCUT2D eigenvalue weighted by Gasteiger charge is 2.19. The third-order valence-electron chi connectivity index (χ3n) is 2.67. The van der Waals surface area contributed by atoms with Crippen LogP contribution in [0.3, 0.4) is 0 Å². The number of hydrogen-bond donors (Lipinski definition) is 1. The van der Waals surface area contributed by atoms with E-state index in [1.54, 1.807) is 6.92 Å². The van der Waals surface area contributed by atoms with E-state index in [0.29, 0.717) is 5.71 Å². The fourth-order valence-electron chi connectivity index (χ4n) is 1.69. The first kappa shape index (κ1) is 17.5. The van der Waals surface area contributed by atoms with Gasteiger partial charge in [0.15, 0.2) is 12.3 Å². The van der Waals surface area contributed by atoms with E-state index >= 15 is 0 Å². The Morgan fingerprint density at radius 2 is 2.30 bits per heavy atom. The maximum Gasteiger partial charge on any atom is 0.284 e. The monoisotopic (exact) mass is 406 g/mol. The number of carbonyl (C=O) groups is 1. The molecule has 124 valence electrons. The normalized spacial score (nSPS) is 11.8. The van der Waals surface area contributed by atoms with Gasteiger partial charge in [-0.25, -0.2) is 8.78 Å². The van der Waals surface area contributed by atoms with Crippen LogP contribution in [-0.2, 0) is 16.7 Å². The average molecular weight is 407 g/mol. The molecule has 1 amide bonds. The van der Waals surface area contributed by atoms with Crippen molar-refractivity contribution in [3.05, 3.63) is 32.7 Å². The lowest BCUT2D eigenvalue weighted by Crippen LogP contribution is -2.18. The predicted molar refractivity (Wildman–Crippen MR) is 87.0 cm³/mol. The van der Waals surface area contributed by atoms with Gasteiger partial charge < -0.3 is 10.2 Å². The Bertz CT molecular complexity index is 729. The molecule has 0 spiro atoms. The van der Waals surface area contributed by atoms with Crippen LogP contribution < -0.4 is 5.32 Å². The van der Waals surface area contributed by atoms with E-state index in [9.17, 15) is 13.6 Å². The van der Waals surface area contributed by atoms with E-state index in [-0.39, 0.29) is 12.3 Å². The summed E-state index contributed by atoms with van der Waals surface area (Å²) in [5.74, 6) is -0.594. The highest BCUT2D eigenvalue weighted by molar-refractivity contribution is 9.11. The number of oxime groups is 1. The molecule has 0 aromatic carbocycles. The lowest BCUT2D eigenvalue weighted by molar-refractivity contribution is -0.120. The number of amides is 1. The summed E-state index contributed by atoms with van der Waals surface area (Å²) in [6, 6.07) is 3.74. The number of nitrogens with one attached hydrogen (secondary N) is 1. The molecule has 10 heteroatoms. The van der Waals surface area contributed by atoms with Gasteiger partial charge in [-0.15, -0.1) is 11.3 Å². The molecule has 23 heavy (non-hydrogen) atoms. The standard InChI is InChI=1S/C13H13BrF2N4O2S/c1-7(9-3-4-10(14)23-9)19-22-6-11(21)17-8-5-20(2)18-12(8)13(15)16/h3-5,13H,6H2,1-2H3,(H,17,21)/b19-7+. The number of rotatable bonds is 6. The molecule has 0 bridgehead atoms. The molecule has 0 saturated heterocycles. The second kappa shape index (κ2) is 7.64. The first-order valence-corrected chi connectivity index (χ1v) is 8.01. The first-order chi connectivity index (χ1) is 10.9. The maximum absolute atomic E-state index is 12.8. The van der Waals surface area contributed by atoms with Crippen molar-refractivity contribution in [2.75, 3.05) is 11.9 Å². The van der Waals surface area contributed by atoms with Crippen LogP contribution in [0.5, 0.6) is 0 Å². The minimum absolute atomic E-state index is 0.0426. The molecule has 0 aliphatic rings. The number of alkyl halides is 2. The molecule has 0 radical (unpaired) electrons. The molecular formula is C13H13BrF2N4O2S. The average Bonchev–Trinajstić information content (AvgIpc) is 3.05. The van der Waals surface area contributed by atoms with Crippen LogP contribution in [0, 0.1) is 0 Å². The number of thiophene rings is 1. The summed E-state index contributed by atoms with van der Waals surface area (Å²) < 4.78 is 27.7. The van der Waals surface area contributed by atoms with Crippen LogP contribution in [0.15, 0.2) is 27.3 Å². The fourth-order valence-corrected chi connectivity index (χ4v) is 3.01. The number of aromatic nitrogens is 2. The van der Waals surface area contributed by atoms with Gasteiger partial charge >= 0.3 is 0 Å². The van der Waals surface area contributed by atoms with Gasteiger partial charge in [-0.2, -0.15) is 5.10 Å². The van der Waals surface area contributed by atoms with Crippen LogP contribution in [0.25, 0.3) is 0 Å². The minimum Gasteiger partial charge on any atom is -0.385 e. The minimum atomic E-state index is -2.77. The summed E-state index contributed by atoms with van der Waals surface area (Å²) in [5, 5.41) is 9.75. The summed E-state index contributed by atoms with van der Waals surface area (Å²) >= 11 is 4.81. The quantitative estimate of drug-likeness (QED) is 0.588. The van der Waals surface area contributed by atoms with Gasteiger partial charge in [-0.3, -0.25) is 9.48 Å². The van der Waals surface area contributed by atoms with E-state index in [4.69, 9.17) is 4.84 Å². The zero-order valence-electron chi connectivity index (χ0n) is 12.2. The van der Waals surface area contributed by atoms with E-state index < -0.39 is 18.0 Å². The summed E-state index contributed by atoms with van der Waals surface area (Å²) in [4.78, 5) is 17.6. The van der Waals surface area contributed by atoms with Crippen molar-refractivity contribution >= 4 is 44.6 Å². The van der Waals surface area contributed by atoms with Crippen molar-refractivity contribution in [2.24, 2.45) is 12.2 Å². The highest BCUT2D eigenvalue weighted by Crippen LogP contribution is 2.25. The Hall–Kier alpha value is -1.81. The van der Waals surface area contributed by atoms with E-state index in [0.717, 1.165) is 8.66 Å². The van der Waals surface area contributed by atoms with Gasteiger partial charge in [0.25, 0.3) is 12.3 Å². The molecule has 0 atom stereocenters. The van der Waals surface area contributed by atoms with E-state index in [1.165, 1.54) is 29.3 Å². The van der Waals surface area contributed by atoms with Crippen LogP contribution in [0.4, 0.5) is 14.5 Å². The van der Waals surface area contributed by atoms with Crippen LogP contribution >= 0.6 is 27.3 Å². The lowest BCUT2D eigenvalue weighted by atomic mass is 10.3. The smallest absolute Gasteiger partial charge is 0.284 e. The molecule has 0 saturated carbocycles. The zero-order chi connectivity index (χ0) is 17.0. The molecule has 2 heterocycles. The third-order valence-corrected chi connectivity index (χ3v) is 4.40. The van der Waals surface area contributed by atoms with Gasteiger partial charge in [0.1, 0.15) is 0 Å². The van der Waals surface area contributed by atoms with Crippen LogP contribution in [0.2, 0.25) is 0 Å². The van der Waals surface area contributed by atoms with Crippen molar-refractivity contribution in [3.8, 4) is 0 Å². The summed E-state index contributed by atoms with van der Waals surface area (Å²) in [5.41, 5.74) is 0.0890. The SMILES string of the molecule is C/C(=N\OCC(=O)Nc1cn(C)nc1C(F)F)c1ccc(Br)s1. The van der Waals surface area contributed by atoms with Gasteiger partial charge in [0.05, 0.1) is 20.1 Å². The lowest BCUT2D eigenvalue weighted by Gasteiger charge is -2.04. The number of hydrogen-bond acceptors (Lipinski definition) is 5. The molecule has 0 aliphatic carbocycles. The van der Waals surface area contributed by atoms with Gasteiger partial charge in [-0.1, -0.05) is 5.16 Å². The number of aryl methyl sites for hydroxylation is 1. The molecule has 2 rings (SSSR count). The largest absolute Gasteiger partial charge is 0.385 e. The van der Waals surface area contributed by atoms with Crippen LogP contribution in [0.1, 0.15) is 23.9 Å². The van der Waals surface area contributed by atoms with Crippen molar-refractivity contribution in [1.29, 1.82) is 0 Å². The topological polar surface area (TPSA) is 68.5 Å². The van der Waals surface area contributed by atoms with Gasteiger partial charge in [0, 0.05) is 13.2 Å². The fraction of sp³-hybridized carbons (Fsp3) is 0.308. The number of carbonyl (C=O) groups excluding carboxylic acids is 1. The van der Waals surface area contributed by atoms with E-state index in [1.807, 2.05) is 12.1 Å². The molecule has 0 fully saturated rings. The Labute approximate surface area is 143 Å². The molecule has 2 aromatic rings. The van der Waals surface area contributed by atoms with Crippen molar-refractivity contribution < 1.29 is 18.4 Å². The summed E-state index contributed by atoms with van der Waals surface area (Å²) in [6.07, 6.45) is -1.47. The molecule has 6 nitrogen and oxygen atoms in total. The first-order valence-electron chi connectivity index (χ1n) is 6.40. The third kappa shape index (κ3) is 4.83. The summed E-state index contributed by atoms with van der Waals surface area (Å²) in [7, 11) is 1.49. The Morgan fingerprint density at radius 3 is 2.91 bits per heavy atom. The molecule has 1 N–H and O–H groups in total. The second-order valence-electron chi connectivity index (χ2n) is 4.50. The molecule has 2 aromatic heterocycles. The van der Waals surface area contributed by atoms with Gasteiger partial charge in [0.2, 0.25) is 0 Å². The van der Waals surface area contributed by atoms with Crippen molar-refractivity contribution in [2.45, 2.75) is 13.3 Å². The molecular weight excluding hydrogens is 394 g/mol. The van der Waals surface area contributed by atoms with Gasteiger partial charge in [-0.05, 0) is 35.0 Å². The number of nitrogens with zero attached hydrogens (tertiary/aromatic N) is 3. The van der Waals surface area contributed by atoms with Crippen LogP contribution in [-0.4, -0.2) is 28.0 Å². The predicted octanol–water partition coefficient (Wildman–Crippen LogP) is 3.56. The Morgan fingerprint density at radius 1 is 1.57 bits per heavy atom. The zero-order valence-corrected chi connectivity index (χ0v) is 14.6. The van der Waals surface area contributed by atoms with E-state index in [2.05, 4.69) is 31.5 Å². The second-order valence-corrected chi connectivity index (χ2v) is 6.97. The Kier molecular flexibility index (Phi) is 5.83. The maximum atomic E-state index is 12.8. The van der Waals surface area contributed by atoms with Crippen molar-refractivity contribution in [3.63, 3.8) is 0 Å². The Balaban J connectivity index is 1.91. The number of anilines is 1. The summed E-state index contributed by atoms with van der Waals surface area (Å²) in [6.45, 7) is 1.35. The highest BCUT2D eigenvalue weighted by atomic mass is 79.9. The number of halogens is 3.